The molecule has 0 fully saturated rings. The summed E-state index contributed by atoms with van der Waals surface area (Å²) in [6.45, 7) is 0. The lowest BCUT2D eigenvalue weighted by molar-refractivity contribution is 0.901. The van der Waals surface area contributed by atoms with E-state index in [1.807, 2.05) is 0 Å². The third-order valence-electron chi connectivity index (χ3n) is 3.02. The number of nitrogen functional groups attached to an aromatic ring is 1. The van der Waals surface area contributed by atoms with Crippen molar-refractivity contribution in [3.05, 3.63) is 33.0 Å². The van der Waals surface area contributed by atoms with Crippen LogP contribution in [0.3, 0.4) is 0 Å². The summed E-state index contributed by atoms with van der Waals surface area (Å²) in [5.41, 5.74) is 10.7. The van der Waals surface area contributed by atoms with Gasteiger partial charge in [-0.1, -0.05) is 0 Å². The number of aryl methyl sites for hydroxylation is 1. The number of aromatic nitrogens is 1. The molecule has 3 heteroatoms. The van der Waals surface area contributed by atoms with Gasteiger partial charge in [-0.25, -0.2) is 0 Å². The lowest BCUT2D eigenvalue weighted by Crippen LogP contribution is -1.98. The van der Waals surface area contributed by atoms with Crippen LogP contribution in [0.5, 0.6) is 0 Å². The van der Waals surface area contributed by atoms with Gasteiger partial charge in [0, 0.05) is 20.3 Å². The first-order valence-electron chi connectivity index (χ1n) is 5.12. The number of benzene rings is 1. The minimum absolute atomic E-state index is 0.950. The van der Waals surface area contributed by atoms with Crippen LogP contribution in [0.1, 0.15) is 17.7 Å². The largest absolute Gasteiger partial charge is 0.398 e. The van der Waals surface area contributed by atoms with Crippen molar-refractivity contribution in [1.82, 2.24) is 4.98 Å². The van der Waals surface area contributed by atoms with E-state index in [1.165, 1.54) is 21.2 Å². The van der Waals surface area contributed by atoms with E-state index in [0.717, 1.165) is 29.4 Å². The molecule has 0 bridgehead atoms. The van der Waals surface area contributed by atoms with Crippen molar-refractivity contribution < 1.29 is 0 Å². The number of halogens is 1. The number of hydrogen-bond acceptors (Lipinski definition) is 2. The number of anilines is 1. The zero-order valence-corrected chi connectivity index (χ0v) is 10.4. The molecular formula is C12H11IN2. The Labute approximate surface area is 102 Å². The second-order valence-corrected chi connectivity index (χ2v) is 5.21. The molecule has 0 aliphatic heterocycles. The van der Waals surface area contributed by atoms with Crippen molar-refractivity contribution in [2.24, 2.45) is 0 Å². The molecule has 0 saturated heterocycles. The van der Waals surface area contributed by atoms with E-state index in [0.29, 0.717) is 0 Å². The van der Waals surface area contributed by atoms with Crippen molar-refractivity contribution in [2.45, 2.75) is 19.3 Å². The van der Waals surface area contributed by atoms with Crippen LogP contribution in [0.4, 0.5) is 5.69 Å². The number of nitrogens with two attached hydrogens (primary N) is 1. The standard InChI is InChI=1S/C12H11IN2/c13-7-4-5-11-9(6-7)12(14)8-2-1-3-10(8)15-11/h4-6H,1-3H2,(H2,14,15). The van der Waals surface area contributed by atoms with Crippen molar-refractivity contribution in [2.75, 3.05) is 5.73 Å². The van der Waals surface area contributed by atoms with E-state index < -0.39 is 0 Å². The van der Waals surface area contributed by atoms with Gasteiger partial charge >= 0.3 is 0 Å². The predicted molar refractivity (Wildman–Crippen MR) is 70.9 cm³/mol. The quantitative estimate of drug-likeness (QED) is 0.760. The molecular weight excluding hydrogens is 299 g/mol. The first-order valence-corrected chi connectivity index (χ1v) is 6.20. The third-order valence-corrected chi connectivity index (χ3v) is 3.69. The molecule has 2 aromatic rings. The molecule has 1 aromatic heterocycles. The monoisotopic (exact) mass is 310 g/mol. The summed E-state index contributed by atoms with van der Waals surface area (Å²) < 4.78 is 1.21. The first kappa shape index (κ1) is 9.39. The van der Waals surface area contributed by atoms with E-state index in [2.05, 4.69) is 45.8 Å². The molecule has 1 heterocycles. The molecule has 0 spiro atoms. The lowest BCUT2D eigenvalue weighted by Gasteiger charge is -2.08. The minimum atomic E-state index is 0.950. The number of nitrogens with zero attached hydrogens (tertiary/aromatic N) is 1. The highest BCUT2D eigenvalue weighted by Gasteiger charge is 2.17. The second kappa shape index (κ2) is 3.33. The van der Waals surface area contributed by atoms with E-state index >= 15 is 0 Å². The highest BCUT2D eigenvalue weighted by Crippen LogP contribution is 2.32. The maximum atomic E-state index is 6.20. The predicted octanol–water partition coefficient (Wildman–Crippen LogP) is 2.91. The molecule has 1 aromatic carbocycles. The molecule has 1 aliphatic rings. The molecule has 0 saturated carbocycles. The Bertz CT molecular complexity index is 549. The van der Waals surface area contributed by atoms with Crippen LogP contribution in [-0.2, 0) is 12.8 Å². The summed E-state index contributed by atoms with van der Waals surface area (Å²) >= 11 is 2.31. The van der Waals surface area contributed by atoms with Gasteiger partial charge in [0.1, 0.15) is 0 Å². The molecule has 15 heavy (non-hydrogen) atoms. The summed E-state index contributed by atoms with van der Waals surface area (Å²) in [6.07, 6.45) is 3.37. The Hall–Kier alpha value is -0.840. The average molecular weight is 310 g/mol. The van der Waals surface area contributed by atoms with Crippen molar-refractivity contribution >= 4 is 39.2 Å². The molecule has 2 nitrogen and oxygen atoms in total. The Morgan fingerprint density at radius 3 is 3.00 bits per heavy atom. The smallest absolute Gasteiger partial charge is 0.0726 e. The highest BCUT2D eigenvalue weighted by atomic mass is 127. The minimum Gasteiger partial charge on any atom is -0.398 e. The van der Waals surface area contributed by atoms with Gasteiger partial charge < -0.3 is 5.73 Å². The SMILES string of the molecule is Nc1c2c(nc3ccc(I)cc13)CCC2. The van der Waals surface area contributed by atoms with Crippen LogP contribution >= 0.6 is 22.6 Å². The molecule has 0 amide bonds. The van der Waals surface area contributed by atoms with Gasteiger partial charge in [0.15, 0.2) is 0 Å². The molecule has 0 radical (unpaired) electrons. The molecule has 2 N–H and O–H groups in total. The summed E-state index contributed by atoms with van der Waals surface area (Å²) in [5.74, 6) is 0. The molecule has 76 valence electrons. The lowest BCUT2D eigenvalue weighted by atomic mass is 10.1. The first-order chi connectivity index (χ1) is 7.25. The van der Waals surface area contributed by atoms with Gasteiger partial charge in [0.25, 0.3) is 0 Å². The van der Waals surface area contributed by atoms with Gasteiger partial charge in [-0.3, -0.25) is 4.98 Å². The average Bonchev–Trinajstić information content (AvgIpc) is 2.68. The van der Waals surface area contributed by atoms with E-state index in [1.54, 1.807) is 0 Å². The Kier molecular flexibility index (Phi) is 2.09. The van der Waals surface area contributed by atoms with Gasteiger partial charge in [-0.2, -0.15) is 0 Å². The molecule has 3 rings (SSSR count). The summed E-state index contributed by atoms with van der Waals surface area (Å²) in [6, 6.07) is 6.26. The Balaban J connectivity index is 2.41. The third kappa shape index (κ3) is 1.40. The molecule has 0 atom stereocenters. The maximum absolute atomic E-state index is 6.20. The van der Waals surface area contributed by atoms with Crippen LogP contribution in [0, 0.1) is 3.57 Å². The van der Waals surface area contributed by atoms with Crippen LogP contribution in [0.15, 0.2) is 18.2 Å². The number of pyridine rings is 1. The van der Waals surface area contributed by atoms with Crippen molar-refractivity contribution in [1.29, 1.82) is 0 Å². The van der Waals surface area contributed by atoms with E-state index in [-0.39, 0.29) is 0 Å². The zero-order chi connectivity index (χ0) is 10.4. The van der Waals surface area contributed by atoms with Gasteiger partial charge in [-0.05, 0) is 65.6 Å². The Morgan fingerprint density at radius 2 is 2.13 bits per heavy atom. The highest BCUT2D eigenvalue weighted by molar-refractivity contribution is 14.1. The van der Waals surface area contributed by atoms with Gasteiger partial charge in [0.05, 0.1) is 5.52 Å². The second-order valence-electron chi connectivity index (χ2n) is 3.97. The number of rotatable bonds is 0. The molecule has 0 unspecified atom stereocenters. The topological polar surface area (TPSA) is 38.9 Å². The Morgan fingerprint density at radius 1 is 1.27 bits per heavy atom. The van der Waals surface area contributed by atoms with E-state index in [9.17, 15) is 0 Å². The van der Waals surface area contributed by atoms with Gasteiger partial charge in [-0.15, -0.1) is 0 Å². The normalized spacial score (nSPS) is 14.5. The van der Waals surface area contributed by atoms with Crippen molar-refractivity contribution in [3.63, 3.8) is 0 Å². The van der Waals surface area contributed by atoms with E-state index in [4.69, 9.17) is 5.73 Å². The van der Waals surface area contributed by atoms with Crippen LogP contribution < -0.4 is 5.73 Å². The summed E-state index contributed by atoms with van der Waals surface area (Å²) in [7, 11) is 0. The maximum Gasteiger partial charge on any atom is 0.0726 e. The summed E-state index contributed by atoms with van der Waals surface area (Å²) in [5, 5.41) is 1.11. The van der Waals surface area contributed by atoms with Crippen molar-refractivity contribution in [3.8, 4) is 0 Å². The zero-order valence-electron chi connectivity index (χ0n) is 8.26. The number of fused-ring (bicyclic) bond motifs is 2. The van der Waals surface area contributed by atoms with Gasteiger partial charge in [0.2, 0.25) is 0 Å². The fourth-order valence-corrected chi connectivity index (χ4v) is 2.76. The van der Waals surface area contributed by atoms with Crippen LogP contribution in [0.2, 0.25) is 0 Å². The van der Waals surface area contributed by atoms with Crippen LogP contribution in [-0.4, -0.2) is 4.98 Å². The van der Waals surface area contributed by atoms with Crippen LogP contribution in [0.25, 0.3) is 10.9 Å². The fraction of sp³-hybridized carbons (Fsp3) is 0.250. The number of hydrogen-bond donors (Lipinski definition) is 1. The molecule has 1 aliphatic carbocycles. The fourth-order valence-electron chi connectivity index (χ4n) is 2.27. The summed E-state index contributed by atoms with van der Waals surface area (Å²) in [4.78, 5) is 4.67.